The third-order valence-corrected chi connectivity index (χ3v) is 3.23. The van der Waals surface area contributed by atoms with Crippen LogP contribution in [-0.2, 0) is 4.79 Å². The predicted octanol–water partition coefficient (Wildman–Crippen LogP) is 1.63. The molecule has 0 spiro atoms. The van der Waals surface area contributed by atoms with Crippen LogP contribution >= 0.6 is 0 Å². The fourth-order valence-corrected chi connectivity index (χ4v) is 1.61. The second-order valence-electron chi connectivity index (χ2n) is 4.92. The SMILES string of the molecule is CC1(NC(=O)NC(C)(C(=O)O)C(F)(F)F)CCC1. The molecule has 0 radical (unpaired) electrons. The fraction of sp³-hybridized carbons (Fsp3) is 0.800. The molecule has 0 aromatic rings. The average molecular weight is 268 g/mol. The molecule has 1 aliphatic carbocycles. The Morgan fingerprint density at radius 3 is 2.06 bits per heavy atom. The number of carboxylic acids is 1. The highest BCUT2D eigenvalue weighted by molar-refractivity contribution is 5.87. The summed E-state index contributed by atoms with van der Waals surface area (Å²) >= 11 is 0. The van der Waals surface area contributed by atoms with Crippen molar-refractivity contribution in [1.29, 1.82) is 0 Å². The fourth-order valence-electron chi connectivity index (χ4n) is 1.61. The first-order valence-electron chi connectivity index (χ1n) is 5.41. The Kier molecular flexibility index (Phi) is 3.51. The molecule has 5 nitrogen and oxygen atoms in total. The number of carbonyl (C=O) groups is 2. The van der Waals surface area contributed by atoms with E-state index >= 15 is 0 Å². The first kappa shape index (κ1) is 14.6. The van der Waals surface area contributed by atoms with E-state index in [1.54, 1.807) is 6.92 Å². The Morgan fingerprint density at radius 1 is 1.28 bits per heavy atom. The predicted molar refractivity (Wildman–Crippen MR) is 56.0 cm³/mol. The number of carboxylic acid groups (broad SMARTS) is 1. The van der Waals surface area contributed by atoms with E-state index in [9.17, 15) is 22.8 Å². The van der Waals surface area contributed by atoms with Crippen molar-refractivity contribution in [1.82, 2.24) is 10.6 Å². The molecular formula is C10H15F3N2O3. The Labute approximate surface area is 102 Å². The lowest BCUT2D eigenvalue weighted by molar-refractivity contribution is -0.203. The summed E-state index contributed by atoms with van der Waals surface area (Å²) in [5, 5.41) is 12.5. The number of aliphatic carboxylic acids is 1. The average Bonchev–Trinajstić information content (AvgIpc) is 2.12. The number of hydrogen-bond donors (Lipinski definition) is 3. The van der Waals surface area contributed by atoms with E-state index in [1.807, 2.05) is 0 Å². The minimum Gasteiger partial charge on any atom is -0.479 e. The van der Waals surface area contributed by atoms with Crippen molar-refractivity contribution >= 4 is 12.0 Å². The van der Waals surface area contributed by atoms with E-state index in [1.165, 1.54) is 5.32 Å². The zero-order valence-corrected chi connectivity index (χ0v) is 10.0. The van der Waals surface area contributed by atoms with Gasteiger partial charge < -0.3 is 15.7 Å². The van der Waals surface area contributed by atoms with E-state index < -0.39 is 29.3 Å². The molecule has 0 aromatic carbocycles. The first-order valence-corrected chi connectivity index (χ1v) is 5.41. The summed E-state index contributed by atoms with van der Waals surface area (Å²) in [6.45, 7) is 2.11. The van der Waals surface area contributed by atoms with Crippen LogP contribution in [0.2, 0.25) is 0 Å². The van der Waals surface area contributed by atoms with Gasteiger partial charge in [-0.1, -0.05) is 0 Å². The molecule has 0 saturated heterocycles. The van der Waals surface area contributed by atoms with Crippen molar-refractivity contribution in [3.63, 3.8) is 0 Å². The Hall–Kier alpha value is -1.47. The molecule has 1 fully saturated rings. The number of halogens is 3. The van der Waals surface area contributed by atoms with Gasteiger partial charge in [0.1, 0.15) is 0 Å². The third kappa shape index (κ3) is 2.68. The monoisotopic (exact) mass is 268 g/mol. The Balaban J connectivity index is 2.73. The third-order valence-electron chi connectivity index (χ3n) is 3.23. The van der Waals surface area contributed by atoms with E-state index in [0.717, 1.165) is 6.42 Å². The van der Waals surface area contributed by atoms with E-state index in [-0.39, 0.29) is 0 Å². The lowest BCUT2D eigenvalue weighted by atomic mass is 9.79. The second-order valence-corrected chi connectivity index (χ2v) is 4.92. The minimum atomic E-state index is -5.07. The van der Waals surface area contributed by atoms with Gasteiger partial charge in [0, 0.05) is 5.54 Å². The van der Waals surface area contributed by atoms with Gasteiger partial charge in [0.25, 0.3) is 0 Å². The summed E-state index contributed by atoms with van der Waals surface area (Å²) in [5.41, 5.74) is -3.84. The number of alkyl halides is 3. The van der Waals surface area contributed by atoms with Crippen LogP contribution in [0.3, 0.4) is 0 Å². The minimum absolute atomic E-state index is 0.415. The van der Waals surface area contributed by atoms with Crippen LogP contribution in [-0.4, -0.2) is 34.4 Å². The van der Waals surface area contributed by atoms with Gasteiger partial charge in [-0.2, -0.15) is 13.2 Å². The van der Waals surface area contributed by atoms with Gasteiger partial charge >= 0.3 is 18.2 Å². The smallest absolute Gasteiger partial charge is 0.422 e. The summed E-state index contributed by atoms with van der Waals surface area (Å²) in [5.74, 6) is -2.15. The van der Waals surface area contributed by atoms with Crippen LogP contribution < -0.4 is 10.6 Å². The lowest BCUT2D eigenvalue weighted by Crippen LogP contribution is -2.66. The molecule has 1 saturated carbocycles. The summed E-state index contributed by atoms with van der Waals surface area (Å²) in [7, 11) is 0. The molecule has 8 heteroatoms. The number of rotatable bonds is 3. The van der Waals surface area contributed by atoms with Crippen molar-refractivity contribution in [2.45, 2.75) is 50.4 Å². The van der Waals surface area contributed by atoms with E-state index in [0.29, 0.717) is 19.8 Å². The molecule has 0 heterocycles. The molecule has 0 aliphatic heterocycles. The van der Waals surface area contributed by atoms with E-state index in [4.69, 9.17) is 5.11 Å². The largest absolute Gasteiger partial charge is 0.479 e. The molecule has 1 rings (SSSR count). The number of amides is 2. The molecule has 1 aliphatic rings. The van der Waals surface area contributed by atoms with Gasteiger partial charge in [-0.05, 0) is 33.1 Å². The zero-order chi connectivity index (χ0) is 14.2. The normalized spacial score (nSPS) is 21.4. The van der Waals surface area contributed by atoms with Crippen LogP contribution in [0.15, 0.2) is 0 Å². The molecule has 0 bridgehead atoms. The molecule has 18 heavy (non-hydrogen) atoms. The lowest BCUT2D eigenvalue weighted by Gasteiger charge is -2.40. The topological polar surface area (TPSA) is 78.4 Å². The maximum Gasteiger partial charge on any atom is 0.422 e. The maximum absolute atomic E-state index is 12.6. The van der Waals surface area contributed by atoms with E-state index in [2.05, 4.69) is 5.32 Å². The highest BCUT2D eigenvalue weighted by Gasteiger charge is 2.58. The summed E-state index contributed by atoms with van der Waals surface area (Å²) in [6, 6.07) is -1.13. The standard InChI is InChI=1S/C10H15F3N2O3/c1-8(4-3-5-8)14-7(18)15-9(2,6(16)17)10(11,12)13/h3-5H2,1-2H3,(H,16,17)(H2,14,15,18). The molecule has 1 atom stereocenters. The molecule has 1 unspecified atom stereocenters. The quantitative estimate of drug-likeness (QED) is 0.728. The molecule has 2 amide bonds. The highest BCUT2D eigenvalue weighted by Crippen LogP contribution is 2.32. The van der Waals surface area contributed by atoms with Gasteiger partial charge in [-0.15, -0.1) is 0 Å². The number of nitrogens with one attached hydrogen (secondary N) is 2. The molecule has 104 valence electrons. The number of carbonyl (C=O) groups excluding carboxylic acids is 1. The highest BCUT2D eigenvalue weighted by atomic mass is 19.4. The van der Waals surface area contributed by atoms with Crippen LogP contribution in [0.4, 0.5) is 18.0 Å². The van der Waals surface area contributed by atoms with Crippen molar-refractivity contribution < 1.29 is 27.9 Å². The molecule has 3 N–H and O–H groups in total. The summed E-state index contributed by atoms with van der Waals surface area (Å²) in [4.78, 5) is 22.1. The van der Waals surface area contributed by atoms with Gasteiger partial charge in [0.15, 0.2) is 0 Å². The van der Waals surface area contributed by atoms with Crippen LogP contribution in [0.25, 0.3) is 0 Å². The van der Waals surface area contributed by atoms with Crippen molar-refractivity contribution in [2.24, 2.45) is 0 Å². The van der Waals surface area contributed by atoms with Crippen molar-refractivity contribution in [3.05, 3.63) is 0 Å². The van der Waals surface area contributed by atoms with Crippen LogP contribution in [0.5, 0.6) is 0 Å². The Bertz CT molecular complexity index is 366. The van der Waals surface area contributed by atoms with Crippen LogP contribution in [0, 0.1) is 0 Å². The molecule has 0 aromatic heterocycles. The first-order chi connectivity index (χ1) is 8.00. The van der Waals surface area contributed by atoms with Gasteiger partial charge in [-0.3, -0.25) is 0 Å². The zero-order valence-electron chi connectivity index (χ0n) is 10.0. The van der Waals surface area contributed by atoms with Gasteiger partial charge in [0.05, 0.1) is 0 Å². The van der Waals surface area contributed by atoms with Crippen molar-refractivity contribution in [3.8, 4) is 0 Å². The van der Waals surface area contributed by atoms with Gasteiger partial charge in [-0.25, -0.2) is 9.59 Å². The summed E-state index contributed by atoms with van der Waals surface area (Å²) < 4.78 is 37.9. The van der Waals surface area contributed by atoms with Crippen molar-refractivity contribution in [2.75, 3.05) is 0 Å². The van der Waals surface area contributed by atoms with Gasteiger partial charge in [0.2, 0.25) is 5.54 Å². The Morgan fingerprint density at radius 2 is 1.78 bits per heavy atom. The second kappa shape index (κ2) is 4.33. The molecular weight excluding hydrogens is 253 g/mol. The number of hydrogen-bond acceptors (Lipinski definition) is 2. The van der Waals surface area contributed by atoms with Crippen LogP contribution in [0.1, 0.15) is 33.1 Å². The number of urea groups is 1. The maximum atomic E-state index is 12.6. The summed E-state index contributed by atoms with van der Waals surface area (Å²) in [6.07, 6.45) is -2.87.